The molecule has 122 valence electrons. The predicted molar refractivity (Wildman–Crippen MR) is 86.8 cm³/mol. The largest absolute Gasteiger partial charge is 0.339 e. The molecule has 0 atom stereocenters. The van der Waals surface area contributed by atoms with Gasteiger partial charge in [-0.05, 0) is 30.4 Å². The van der Waals surface area contributed by atoms with Crippen LogP contribution in [-0.2, 0) is 0 Å². The van der Waals surface area contributed by atoms with Crippen LogP contribution in [0, 0.1) is 0 Å². The zero-order valence-corrected chi connectivity index (χ0v) is 13.6. The van der Waals surface area contributed by atoms with E-state index in [0.717, 1.165) is 29.2 Å². The Morgan fingerprint density at radius 1 is 1.33 bits per heavy atom. The van der Waals surface area contributed by atoms with Crippen molar-refractivity contribution in [2.45, 2.75) is 24.7 Å². The van der Waals surface area contributed by atoms with Crippen molar-refractivity contribution in [2.24, 2.45) is 0 Å². The predicted octanol–water partition coefficient (Wildman–Crippen LogP) is 2.64. The zero-order valence-electron chi connectivity index (χ0n) is 12.8. The van der Waals surface area contributed by atoms with E-state index in [0.29, 0.717) is 30.6 Å². The van der Waals surface area contributed by atoms with E-state index >= 15 is 0 Å². The normalized spacial score (nSPS) is 17.9. The second-order valence-electron chi connectivity index (χ2n) is 6.32. The Labute approximate surface area is 141 Å². The summed E-state index contributed by atoms with van der Waals surface area (Å²) in [4.78, 5) is 19.8. The van der Waals surface area contributed by atoms with Crippen LogP contribution < -0.4 is 0 Å². The Balaban J connectivity index is 1.24. The number of aromatic nitrogens is 4. The first kappa shape index (κ1) is 13.9. The number of hydrogen-bond donors (Lipinski definition) is 1. The van der Waals surface area contributed by atoms with Crippen LogP contribution in [0.4, 0.5) is 0 Å². The molecule has 3 aromatic heterocycles. The average molecular weight is 341 g/mol. The van der Waals surface area contributed by atoms with Crippen molar-refractivity contribution >= 4 is 17.2 Å². The summed E-state index contributed by atoms with van der Waals surface area (Å²) < 4.78 is 5.34. The van der Waals surface area contributed by atoms with Crippen molar-refractivity contribution in [3.63, 3.8) is 0 Å². The van der Waals surface area contributed by atoms with Gasteiger partial charge in [0.1, 0.15) is 0 Å². The van der Waals surface area contributed by atoms with Crippen molar-refractivity contribution in [1.82, 2.24) is 25.2 Å². The lowest BCUT2D eigenvalue weighted by atomic mass is 9.99. The first-order valence-corrected chi connectivity index (χ1v) is 8.88. The average Bonchev–Trinajstić information content (AvgIpc) is 3.02. The number of amides is 1. The molecule has 0 aromatic carbocycles. The van der Waals surface area contributed by atoms with Gasteiger partial charge in [0.25, 0.3) is 5.91 Å². The molecule has 0 unspecified atom stereocenters. The van der Waals surface area contributed by atoms with Crippen molar-refractivity contribution in [1.29, 1.82) is 0 Å². The molecule has 8 heteroatoms. The minimum Gasteiger partial charge on any atom is -0.339 e. The van der Waals surface area contributed by atoms with Crippen molar-refractivity contribution in [2.75, 3.05) is 13.1 Å². The molecular weight excluding hydrogens is 326 g/mol. The van der Waals surface area contributed by atoms with Crippen molar-refractivity contribution in [3.05, 3.63) is 41.0 Å². The number of H-pyrrole nitrogens is 1. The van der Waals surface area contributed by atoms with Crippen LogP contribution in [0.15, 0.2) is 28.1 Å². The fourth-order valence-corrected chi connectivity index (χ4v) is 3.56. The summed E-state index contributed by atoms with van der Waals surface area (Å²) in [7, 11) is 0. The number of aromatic amines is 1. The summed E-state index contributed by atoms with van der Waals surface area (Å²) in [6, 6.07) is 5.78. The van der Waals surface area contributed by atoms with Crippen LogP contribution in [0.1, 0.15) is 46.9 Å². The number of carbonyl (C=O) groups excluding carboxylic acids is 1. The zero-order chi connectivity index (χ0) is 16.1. The summed E-state index contributed by atoms with van der Waals surface area (Å²) in [6.45, 7) is 1.21. The monoisotopic (exact) mass is 341 g/mol. The number of likely N-dealkylation sites (tertiary alicyclic amines) is 1. The third-order valence-electron chi connectivity index (χ3n) is 4.50. The van der Waals surface area contributed by atoms with Gasteiger partial charge in [-0.3, -0.25) is 9.89 Å². The van der Waals surface area contributed by atoms with Gasteiger partial charge in [0.2, 0.25) is 5.89 Å². The lowest BCUT2D eigenvalue weighted by Crippen LogP contribution is -2.48. The SMILES string of the molecule is O=C(c1cc(-c2cccs2)[nH]n1)N1CC(c2nc(C3CC3)no2)C1. The van der Waals surface area contributed by atoms with Gasteiger partial charge in [-0.15, -0.1) is 11.3 Å². The third kappa shape index (κ3) is 2.34. The fourth-order valence-electron chi connectivity index (χ4n) is 2.87. The summed E-state index contributed by atoms with van der Waals surface area (Å²) in [5.41, 5.74) is 1.32. The molecule has 2 fully saturated rings. The number of nitrogens with zero attached hydrogens (tertiary/aromatic N) is 4. The van der Waals surface area contributed by atoms with Gasteiger partial charge in [0.15, 0.2) is 11.5 Å². The molecule has 1 saturated heterocycles. The third-order valence-corrected chi connectivity index (χ3v) is 5.40. The number of carbonyl (C=O) groups is 1. The molecule has 7 nitrogen and oxygen atoms in total. The van der Waals surface area contributed by atoms with Gasteiger partial charge in [-0.1, -0.05) is 11.2 Å². The Bertz CT molecular complexity index is 874. The van der Waals surface area contributed by atoms with E-state index in [4.69, 9.17) is 4.52 Å². The van der Waals surface area contributed by atoms with E-state index in [1.807, 2.05) is 17.5 Å². The summed E-state index contributed by atoms with van der Waals surface area (Å²) >= 11 is 1.61. The van der Waals surface area contributed by atoms with Crippen LogP contribution in [-0.4, -0.2) is 44.2 Å². The highest BCUT2D eigenvalue weighted by Crippen LogP contribution is 2.39. The highest BCUT2D eigenvalue weighted by Gasteiger charge is 2.38. The highest BCUT2D eigenvalue weighted by molar-refractivity contribution is 7.13. The maximum Gasteiger partial charge on any atom is 0.274 e. The molecule has 0 spiro atoms. The first-order chi connectivity index (χ1) is 11.8. The maximum absolute atomic E-state index is 12.5. The quantitative estimate of drug-likeness (QED) is 0.788. The number of rotatable bonds is 4. The van der Waals surface area contributed by atoms with E-state index in [1.54, 1.807) is 22.3 Å². The van der Waals surface area contributed by atoms with Gasteiger partial charge in [-0.25, -0.2) is 0 Å². The lowest BCUT2D eigenvalue weighted by Gasteiger charge is -2.36. The molecule has 24 heavy (non-hydrogen) atoms. The van der Waals surface area contributed by atoms with Crippen LogP contribution in [0.3, 0.4) is 0 Å². The van der Waals surface area contributed by atoms with Gasteiger partial charge >= 0.3 is 0 Å². The minimum absolute atomic E-state index is 0.0627. The Kier molecular flexibility index (Phi) is 3.05. The molecule has 3 aromatic rings. The molecule has 1 amide bonds. The van der Waals surface area contributed by atoms with Gasteiger partial charge in [0.05, 0.1) is 16.5 Å². The Morgan fingerprint density at radius 3 is 2.96 bits per heavy atom. The second kappa shape index (κ2) is 5.27. The van der Waals surface area contributed by atoms with Crippen LogP contribution in [0.2, 0.25) is 0 Å². The van der Waals surface area contributed by atoms with Gasteiger partial charge < -0.3 is 9.42 Å². The fraction of sp³-hybridized carbons (Fsp3) is 0.375. The lowest BCUT2D eigenvalue weighted by molar-refractivity contribution is 0.0563. The molecule has 0 bridgehead atoms. The standard InChI is InChI=1S/C16H15N5O2S/c22-16(12-6-11(18-19-12)13-2-1-5-24-13)21-7-10(8-21)15-17-14(20-23-15)9-3-4-9/h1-2,5-6,9-10H,3-4,7-8H2,(H,18,19). The Hall–Kier alpha value is -2.48. The molecule has 2 aliphatic rings. The second-order valence-corrected chi connectivity index (χ2v) is 7.26. The topological polar surface area (TPSA) is 87.9 Å². The van der Waals surface area contributed by atoms with Crippen molar-refractivity contribution in [3.8, 4) is 10.6 Å². The Morgan fingerprint density at radius 2 is 2.21 bits per heavy atom. The van der Waals surface area contributed by atoms with E-state index in [-0.39, 0.29) is 11.8 Å². The van der Waals surface area contributed by atoms with Gasteiger partial charge in [-0.2, -0.15) is 10.1 Å². The molecule has 5 rings (SSSR count). The van der Waals surface area contributed by atoms with Crippen LogP contribution in [0.25, 0.3) is 10.6 Å². The number of hydrogen-bond acceptors (Lipinski definition) is 6. The molecular formula is C16H15N5O2S. The van der Waals surface area contributed by atoms with E-state index in [1.165, 1.54) is 0 Å². The van der Waals surface area contributed by atoms with Gasteiger partial charge in [0, 0.05) is 19.0 Å². The summed E-state index contributed by atoms with van der Waals surface area (Å²) in [6.07, 6.45) is 2.31. The van der Waals surface area contributed by atoms with Crippen LogP contribution in [0.5, 0.6) is 0 Å². The number of nitrogens with one attached hydrogen (secondary N) is 1. The molecule has 1 aliphatic carbocycles. The molecule has 1 saturated carbocycles. The molecule has 4 heterocycles. The number of thiophene rings is 1. The van der Waals surface area contributed by atoms with E-state index < -0.39 is 0 Å². The van der Waals surface area contributed by atoms with E-state index in [9.17, 15) is 4.79 Å². The highest BCUT2D eigenvalue weighted by atomic mass is 32.1. The maximum atomic E-state index is 12.5. The summed E-state index contributed by atoms with van der Waals surface area (Å²) in [5, 5.41) is 13.1. The minimum atomic E-state index is -0.0627. The molecule has 0 radical (unpaired) electrons. The van der Waals surface area contributed by atoms with E-state index in [2.05, 4.69) is 20.3 Å². The first-order valence-electron chi connectivity index (χ1n) is 8.00. The smallest absolute Gasteiger partial charge is 0.274 e. The summed E-state index contributed by atoms with van der Waals surface area (Å²) in [5.74, 6) is 2.04. The van der Waals surface area contributed by atoms with Crippen molar-refractivity contribution < 1.29 is 9.32 Å². The van der Waals surface area contributed by atoms with Crippen LogP contribution >= 0.6 is 11.3 Å². The molecule has 1 aliphatic heterocycles. The molecule has 1 N–H and O–H groups in total.